The summed E-state index contributed by atoms with van der Waals surface area (Å²) in [7, 11) is 0. The molecule has 0 amide bonds. The fraction of sp³-hybridized carbons (Fsp3) is 0.474. The van der Waals surface area contributed by atoms with E-state index in [0.717, 1.165) is 12.1 Å². The molecule has 1 aromatic carbocycles. The summed E-state index contributed by atoms with van der Waals surface area (Å²) in [5, 5.41) is 9.62. The Morgan fingerprint density at radius 1 is 0.794 bits per heavy atom. The van der Waals surface area contributed by atoms with Gasteiger partial charge in [0.25, 0.3) is 5.60 Å². The Morgan fingerprint density at radius 3 is 1.68 bits per heavy atom. The zero-order chi connectivity index (χ0) is 26.7. The van der Waals surface area contributed by atoms with Crippen molar-refractivity contribution in [1.29, 1.82) is 0 Å². The second-order valence-electron chi connectivity index (χ2n) is 7.76. The Labute approximate surface area is 183 Å². The number of anilines is 1. The zero-order valence-corrected chi connectivity index (χ0v) is 16.8. The van der Waals surface area contributed by atoms with Gasteiger partial charge in [0, 0.05) is 22.9 Å². The van der Waals surface area contributed by atoms with Crippen molar-refractivity contribution in [2.75, 3.05) is 5.73 Å². The van der Waals surface area contributed by atoms with Crippen LogP contribution < -0.4 is 11.5 Å². The molecule has 192 valence electrons. The molecule has 15 heteroatoms. The maximum atomic E-state index is 13.5. The van der Waals surface area contributed by atoms with E-state index in [-0.39, 0.29) is 13.0 Å². The number of hydrogen-bond donors (Lipinski definition) is 3. The third kappa shape index (κ3) is 4.18. The molecule has 1 aliphatic rings. The Morgan fingerprint density at radius 2 is 1.26 bits per heavy atom. The van der Waals surface area contributed by atoms with Crippen molar-refractivity contribution in [2.24, 2.45) is 11.1 Å². The summed E-state index contributed by atoms with van der Waals surface area (Å²) >= 11 is 0. The van der Waals surface area contributed by atoms with Crippen LogP contribution in [0.5, 0.6) is 0 Å². The van der Waals surface area contributed by atoms with E-state index >= 15 is 0 Å². The fourth-order valence-corrected chi connectivity index (χ4v) is 3.47. The molecule has 0 aromatic heterocycles. The third-order valence-corrected chi connectivity index (χ3v) is 5.66. The Balaban J connectivity index is 2.75. The van der Waals surface area contributed by atoms with Gasteiger partial charge in [-0.2, -0.15) is 52.7 Å². The number of hydrogen-bond acceptors (Lipinski definition) is 3. The summed E-state index contributed by atoms with van der Waals surface area (Å²) in [5.74, 6) is -1.56. The fourth-order valence-electron chi connectivity index (χ4n) is 3.47. The van der Waals surface area contributed by atoms with Gasteiger partial charge in [-0.25, -0.2) is 0 Å². The van der Waals surface area contributed by atoms with Crippen LogP contribution in [0, 0.1) is 5.41 Å². The summed E-state index contributed by atoms with van der Waals surface area (Å²) in [6.45, 7) is -0.192. The molecule has 1 unspecified atom stereocenters. The number of aliphatic hydroxyl groups is 1. The molecule has 0 fully saturated rings. The van der Waals surface area contributed by atoms with Gasteiger partial charge in [-0.15, -0.1) is 0 Å². The molecule has 0 aliphatic heterocycles. The number of halogens is 12. The summed E-state index contributed by atoms with van der Waals surface area (Å²) in [6.07, 6.45) is -23.8. The van der Waals surface area contributed by atoms with Gasteiger partial charge in [0.05, 0.1) is 0 Å². The van der Waals surface area contributed by atoms with Gasteiger partial charge in [0.15, 0.2) is 5.41 Å². The van der Waals surface area contributed by atoms with Gasteiger partial charge in [-0.05, 0) is 36.6 Å². The largest absolute Gasteiger partial charge is 0.430 e. The van der Waals surface area contributed by atoms with Crippen LogP contribution in [-0.2, 0) is 5.60 Å². The maximum absolute atomic E-state index is 13.5. The minimum absolute atomic E-state index is 0.142. The van der Waals surface area contributed by atoms with E-state index in [9.17, 15) is 57.8 Å². The molecule has 2 rings (SSSR count). The Kier molecular flexibility index (Phi) is 6.50. The first-order chi connectivity index (χ1) is 15.0. The molecule has 0 bridgehead atoms. The van der Waals surface area contributed by atoms with E-state index in [4.69, 9.17) is 11.5 Å². The van der Waals surface area contributed by atoms with Crippen molar-refractivity contribution < 1.29 is 57.8 Å². The molecule has 1 atom stereocenters. The third-order valence-electron chi connectivity index (χ3n) is 5.66. The Bertz CT molecular complexity index is 970. The van der Waals surface area contributed by atoms with E-state index in [1.54, 1.807) is 0 Å². The Hall–Kier alpha value is -2.58. The molecule has 0 saturated heterocycles. The first-order valence-electron chi connectivity index (χ1n) is 9.07. The predicted octanol–water partition coefficient (Wildman–Crippen LogP) is 5.97. The van der Waals surface area contributed by atoms with E-state index in [1.165, 1.54) is 0 Å². The summed E-state index contributed by atoms with van der Waals surface area (Å²) in [6, 6.07) is 1.48. The average molecular weight is 516 g/mol. The quantitative estimate of drug-likeness (QED) is 0.343. The minimum Gasteiger partial charge on any atom is -0.399 e. The van der Waals surface area contributed by atoms with Gasteiger partial charge >= 0.3 is 24.7 Å². The number of allylic oxidation sites excluding steroid dienone is 3. The topological polar surface area (TPSA) is 72.3 Å². The van der Waals surface area contributed by atoms with Crippen LogP contribution in [0.15, 0.2) is 41.6 Å². The predicted molar refractivity (Wildman–Crippen MR) is 94.8 cm³/mol. The summed E-state index contributed by atoms with van der Waals surface area (Å²) in [5.41, 5.74) is -5.33. The van der Waals surface area contributed by atoms with Crippen molar-refractivity contribution in [1.82, 2.24) is 0 Å². The number of nitrogens with two attached hydrogens (primary N) is 2. The summed E-state index contributed by atoms with van der Waals surface area (Å²) in [4.78, 5) is 0. The van der Waals surface area contributed by atoms with Crippen LogP contribution in [-0.4, -0.2) is 29.8 Å². The molecule has 0 heterocycles. The highest BCUT2D eigenvalue weighted by Crippen LogP contribution is 2.57. The van der Waals surface area contributed by atoms with Crippen LogP contribution in [0.25, 0.3) is 0 Å². The van der Waals surface area contributed by atoms with Crippen molar-refractivity contribution in [3.05, 3.63) is 52.7 Å². The number of alkyl halides is 12. The van der Waals surface area contributed by atoms with Crippen molar-refractivity contribution in [3.63, 3.8) is 0 Å². The first-order valence-corrected chi connectivity index (χ1v) is 9.07. The molecule has 0 spiro atoms. The van der Waals surface area contributed by atoms with Crippen molar-refractivity contribution >= 4 is 5.69 Å². The lowest BCUT2D eigenvalue weighted by Crippen LogP contribution is -2.54. The minimum atomic E-state index is -6.32. The molecule has 1 aliphatic carbocycles. The van der Waals surface area contributed by atoms with E-state index in [1.807, 2.05) is 0 Å². The lowest BCUT2D eigenvalue weighted by atomic mass is 9.73. The van der Waals surface area contributed by atoms with Crippen LogP contribution in [0.2, 0.25) is 0 Å². The van der Waals surface area contributed by atoms with Crippen molar-refractivity contribution in [3.8, 4) is 0 Å². The SMILES string of the molecule is CC(C1=CC(c2ccc(N)c(C(O)(C(F)(F)F)C(F)(F)F)c2)CC=C1N)(C(F)(F)F)C(F)(F)F. The van der Waals surface area contributed by atoms with E-state index < -0.39 is 76.1 Å². The van der Waals surface area contributed by atoms with Gasteiger partial charge in [0.1, 0.15) is 0 Å². The zero-order valence-electron chi connectivity index (χ0n) is 16.8. The van der Waals surface area contributed by atoms with Crippen molar-refractivity contribution in [2.45, 2.75) is 49.6 Å². The number of nitrogen functional groups attached to an aromatic ring is 1. The molecular formula is C19H16F12N2O. The smallest absolute Gasteiger partial charge is 0.399 e. The lowest BCUT2D eigenvalue weighted by molar-refractivity contribution is -0.376. The van der Waals surface area contributed by atoms with Gasteiger partial charge < -0.3 is 16.6 Å². The molecule has 0 radical (unpaired) electrons. The molecule has 34 heavy (non-hydrogen) atoms. The number of benzene rings is 1. The van der Waals surface area contributed by atoms with Gasteiger partial charge in [-0.1, -0.05) is 18.2 Å². The van der Waals surface area contributed by atoms with Gasteiger partial charge in [0.2, 0.25) is 0 Å². The molecule has 5 N–H and O–H groups in total. The normalized spacial score (nSPS) is 19.1. The van der Waals surface area contributed by atoms with Gasteiger partial charge in [-0.3, -0.25) is 0 Å². The molecule has 0 saturated carbocycles. The standard InChI is InChI=1S/C19H16F12N2O/c1-14(16(20,21)22,17(23,24)25)10-6-8(2-4-12(10)32)9-3-5-13(33)11(7-9)15(34,18(26,27)28)19(29,30)31/h3-8,34H,2,32-33H2,1H3. The molecular weight excluding hydrogens is 500 g/mol. The monoisotopic (exact) mass is 516 g/mol. The van der Waals surface area contributed by atoms with Crippen LogP contribution in [0.1, 0.15) is 30.4 Å². The van der Waals surface area contributed by atoms with E-state index in [2.05, 4.69) is 0 Å². The maximum Gasteiger partial charge on any atom is 0.430 e. The first kappa shape index (κ1) is 27.7. The van der Waals surface area contributed by atoms with Crippen LogP contribution in [0.3, 0.4) is 0 Å². The molecule has 3 nitrogen and oxygen atoms in total. The second-order valence-corrected chi connectivity index (χ2v) is 7.76. The second kappa shape index (κ2) is 7.99. The highest BCUT2D eigenvalue weighted by atomic mass is 19.4. The molecule has 1 aromatic rings. The highest BCUT2D eigenvalue weighted by Gasteiger charge is 2.72. The van der Waals surface area contributed by atoms with E-state index in [0.29, 0.717) is 12.1 Å². The number of rotatable bonds is 3. The van der Waals surface area contributed by atoms with Crippen LogP contribution >= 0.6 is 0 Å². The van der Waals surface area contributed by atoms with Crippen LogP contribution in [0.4, 0.5) is 58.4 Å². The average Bonchev–Trinajstić information content (AvgIpc) is 2.64. The highest BCUT2D eigenvalue weighted by molar-refractivity contribution is 5.55. The lowest BCUT2D eigenvalue weighted by Gasteiger charge is -2.38. The summed E-state index contributed by atoms with van der Waals surface area (Å²) < 4.78 is 160.